The van der Waals surface area contributed by atoms with Crippen LogP contribution in [0.15, 0.2) is 42.5 Å². The number of halogens is 1. The third-order valence-corrected chi connectivity index (χ3v) is 3.29. The lowest BCUT2D eigenvalue weighted by atomic mass is 10.1. The smallest absolute Gasteiger partial charge is 0.142 e. The van der Waals surface area contributed by atoms with E-state index < -0.39 is 0 Å². The number of ether oxygens (including phenoxy) is 2. The zero-order chi connectivity index (χ0) is 15.2. The highest BCUT2D eigenvalue weighted by Crippen LogP contribution is 2.29. The second-order valence-electron chi connectivity index (χ2n) is 4.91. The molecule has 1 atom stereocenters. The molecule has 1 N–H and O–H groups in total. The minimum absolute atomic E-state index is 0.0582. The van der Waals surface area contributed by atoms with E-state index in [9.17, 15) is 4.39 Å². The van der Waals surface area contributed by atoms with Crippen LogP contribution in [0, 0.1) is 5.82 Å². The van der Waals surface area contributed by atoms with Crippen LogP contribution in [0.4, 0.5) is 10.1 Å². The van der Waals surface area contributed by atoms with Crippen LogP contribution in [-0.2, 0) is 6.42 Å². The summed E-state index contributed by atoms with van der Waals surface area (Å²) in [4.78, 5) is 0. The Balaban J connectivity index is 2.12. The average Bonchev–Trinajstić information content (AvgIpc) is 2.49. The summed E-state index contributed by atoms with van der Waals surface area (Å²) in [5, 5.41) is 3.34. The van der Waals surface area contributed by atoms with Crippen molar-refractivity contribution in [2.24, 2.45) is 0 Å². The van der Waals surface area contributed by atoms with Gasteiger partial charge in [0.1, 0.15) is 17.3 Å². The summed E-state index contributed by atoms with van der Waals surface area (Å²) in [5.41, 5.74) is 1.53. The maximum Gasteiger partial charge on any atom is 0.142 e. The fraction of sp³-hybridized carbons (Fsp3) is 0.294. The van der Waals surface area contributed by atoms with E-state index in [1.54, 1.807) is 26.4 Å². The summed E-state index contributed by atoms with van der Waals surface area (Å²) in [6.45, 7) is 2.01. The number of benzene rings is 2. The molecule has 0 aliphatic rings. The summed E-state index contributed by atoms with van der Waals surface area (Å²) >= 11 is 0. The summed E-state index contributed by atoms with van der Waals surface area (Å²) < 4.78 is 24.2. The molecule has 0 amide bonds. The van der Waals surface area contributed by atoms with Crippen LogP contribution in [0.1, 0.15) is 12.5 Å². The number of hydrogen-bond acceptors (Lipinski definition) is 3. The molecule has 3 nitrogen and oxygen atoms in total. The Kier molecular flexibility index (Phi) is 5.04. The van der Waals surface area contributed by atoms with Crippen molar-refractivity contribution in [1.29, 1.82) is 0 Å². The van der Waals surface area contributed by atoms with E-state index in [4.69, 9.17) is 9.47 Å². The maximum atomic E-state index is 13.7. The molecule has 0 saturated carbocycles. The van der Waals surface area contributed by atoms with Crippen molar-refractivity contribution in [3.63, 3.8) is 0 Å². The van der Waals surface area contributed by atoms with Gasteiger partial charge in [-0.1, -0.05) is 18.2 Å². The van der Waals surface area contributed by atoms with Gasteiger partial charge in [0.15, 0.2) is 0 Å². The van der Waals surface area contributed by atoms with Crippen LogP contribution in [0.2, 0.25) is 0 Å². The van der Waals surface area contributed by atoms with Gasteiger partial charge in [0, 0.05) is 12.1 Å². The van der Waals surface area contributed by atoms with Crippen LogP contribution in [0.25, 0.3) is 0 Å². The number of methoxy groups -OCH3 is 2. The van der Waals surface area contributed by atoms with Crippen LogP contribution in [0.5, 0.6) is 11.5 Å². The summed E-state index contributed by atoms with van der Waals surface area (Å²) in [6, 6.07) is 12.4. The first-order valence-electron chi connectivity index (χ1n) is 6.86. The van der Waals surface area contributed by atoms with Crippen LogP contribution in [-0.4, -0.2) is 20.3 Å². The van der Waals surface area contributed by atoms with Gasteiger partial charge in [-0.3, -0.25) is 0 Å². The number of hydrogen-bond donors (Lipinski definition) is 1. The topological polar surface area (TPSA) is 30.5 Å². The lowest BCUT2D eigenvalue weighted by molar-refractivity contribution is 0.404. The lowest BCUT2D eigenvalue weighted by Crippen LogP contribution is -2.19. The molecular formula is C17H20FNO2. The zero-order valence-electron chi connectivity index (χ0n) is 12.5. The zero-order valence-corrected chi connectivity index (χ0v) is 12.5. The van der Waals surface area contributed by atoms with Gasteiger partial charge in [-0.2, -0.15) is 0 Å². The van der Waals surface area contributed by atoms with Gasteiger partial charge in [0.05, 0.1) is 19.9 Å². The highest BCUT2D eigenvalue weighted by molar-refractivity contribution is 5.60. The number of anilines is 1. The Morgan fingerprint density at radius 1 is 1.10 bits per heavy atom. The molecule has 2 aromatic carbocycles. The van der Waals surface area contributed by atoms with Crippen molar-refractivity contribution in [1.82, 2.24) is 0 Å². The van der Waals surface area contributed by atoms with Crippen LogP contribution in [0.3, 0.4) is 0 Å². The normalized spacial score (nSPS) is 11.8. The second kappa shape index (κ2) is 6.97. The molecule has 0 aliphatic heterocycles. The highest BCUT2D eigenvalue weighted by atomic mass is 19.1. The van der Waals surface area contributed by atoms with Gasteiger partial charge >= 0.3 is 0 Å². The first-order chi connectivity index (χ1) is 10.1. The fourth-order valence-electron chi connectivity index (χ4n) is 2.24. The molecule has 0 fully saturated rings. The van der Waals surface area contributed by atoms with E-state index in [-0.39, 0.29) is 11.9 Å². The lowest BCUT2D eigenvalue weighted by Gasteiger charge is -2.18. The van der Waals surface area contributed by atoms with Crippen molar-refractivity contribution in [2.75, 3.05) is 19.5 Å². The molecule has 112 valence electrons. The van der Waals surface area contributed by atoms with Gasteiger partial charge in [-0.05, 0) is 37.1 Å². The highest BCUT2D eigenvalue weighted by Gasteiger charge is 2.11. The van der Waals surface area contributed by atoms with E-state index >= 15 is 0 Å². The number of nitrogens with one attached hydrogen (secondary N) is 1. The van der Waals surface area contributed by atoms with Crippen molar-refractivity contribution in [3.05, 3.63) is 53.8 Å². The minimum Gasteiger partial charge on any atom is -0.497 e. The largest absolute Gasteiger partial charge is 0.497 e. The Hall–Kier alpha value is -2.23. The monoisotopic (exact) mass is 289 g/mol. The summed E-state index contributed by atoms with van der Waals surface area (Å²) in [5.74, 6) is 1.30. The first kappa shape index (κ1) is 15.2. The predicted octanol–water partition coefficient (Wildman–Crippen LogP) is 3.89. The average molecular weight is 289 g/mol. The van der Waals surface area contributed by atoms with E-state index in [1.807, 2.05) is 31.2 Å². The van der Waals surface area contributed by atoms with Crippen molar-refractivity contribution < 1.29 is 13.9 Å². The van der Waals surface area contributed by atoms with E-state index in [1.165, 1.54) is 6.07 Å². The SMILES string of the molecule is COc1ccc(OC)c(NC(C)Cc2ccccc2F)c1. The standard InChI is InChI=1S/C17H20FNO2/c1-12(10-13-6-4-5-7-15(13)18)19-16-11-14(20-2)8-9-17(16)21-3/h4-9,11-12,19H,10H2,1-3H3. The van der Waals surface area contributed by atoms with E-state index in [2.05, 4.69) is 5.32 Å². The minimum atomic E-state index is -0.177. The van der Waals surface area contributed by atoms with Gasteiger partial charge in [0.2, 0.25) is 0 Å². The Labute approximate surface area is 124 Å². The molecule has 0 spiro atoms. The van der Waals surface area contributed by atoms with Gasteiger partial charge in [0.25, 0.3) is 0 Å². The number of rotatable bonds is 6. The van der Waals surface area contributed by atoms with Gasteiger partial charge in [-0.15, -0.1) is 0 Å². The molecule has 0 aliphatic carbocycles. The van der Waals surface area contributed by atoms with Crippen LogP contribution < -0.4 is 14.8 Å². The molecule has 21 heavy (non-hydrogen) atoms. The second-order valence-corrected chi connectivity index (χ2v) is 4.91. The molecule has 0 heterocycles. The van der Waals surface area contributed by atoms with Crippen molar-refractivity contribution in [3.8, 4) is 11.5 Å². The molecule has 0 radical (unpaired) electrons. The van der Waals surface area contributed by atoms with Gasteiger partial charge < -0.3 is 14.8 Å². The van der Waals surface area contributed by atoms with Crippen LogP contribution >= 0.6 is 0 Å². The Morgan fingerprint density at radius 2 is 1.86 bits per heavy atom. The van der Waals surface area contributed by atoms with E-state index in [0.717, 1.165) is 17.2 Å². The molecule has 0 saturated heterocycles. The molecule has 4 heteroatoms. The molecule has 1 unspecified atom stereocenters. The molecule has 0 bridgehead atoms. The third kappa shape index (κ3) is 3.88. The first-order valence-corrected chi connectivity index (χ1v) is 6.86. The summed E-state index contributed by atoms with van der Waals surface area (Å²) in [6.07, 6.45) is 0.590. The quantitative estimate of drug-likeness (QED) is 0.875. The maximum absolute atomic E-state index is 13.7. The van der Waals surface area contributed by atoms with Crippen molar-refractivity contribution in [2.45, 2.75) is 19.4 Å². The molecule has 0 aromatic heterocycles. The molecule has 2 rings (SSSR count). The summed E-state index contributed by atoms with van der Waals surface area (Å²) in [7, 11) is 3.24. The fourth-order valence-corrected chi connectivity index (χ4v) is 2.24. The molecule has 2 aromatic rings. The third-order valence-electron chi connectivity index (χ3n) is 3.29. The van der Waals surface area contributed by atoms with Gasteiger partial charge in [-0.25, -0.2) is 4.39 Å². The Morgan fingerprint density at radius 3 is 2.52 bits per heavy atom. The van der Waals surface area contributed by atoms with E-state index in [0.29, 0.717) is 12.0 Å². The predicted molar refractivity (Wildman–Crippen MR) is 82.7 cm³/mol. The van der Waals surface area contributed by atoms with Crippen molar-refractivity contribution >= 4 is 5.69 Å². The molecular weight excluding hydrogens is 269 g/mol. The Bertz CT molecular complexity index is 601.